The molecule has 1 heterocycles. The summed E-state index contributed by atoms with van der Waals surface area (Å²) in [4.78, 5) is 9.02. The van der Waals surface area contributed by atoms with Gasteiger partial charge in [0.15, 0.2) is 0 Å². The van der Waals surface area contributed by atoms with Crippen molar-refractivity contribution >= 4 is 5.82 Å². The zero-order valence-electron chi connectivity index (χ0n) is 12.1. The molecule has 106 valence electrons. The molecule has 2 rings (SSSR count). The van der Waals surface area contributed by atoms with E-state index in [4.69, 9.17) is 10.5 Å². The number of anilines is 1. The van der Waals surface area contributed by atoms with Crippen LogP contribution in [0.3, 0.4) is 0 Å². The van der Waals surface area contributed by atoms with Crippen molar-refractivity contribution in [1.82, 2.24) is 9.97 Å². The summed E-state index contributed by atoms with van der Waals surface area (Å²) in [6.45, 7) is 2.77. The smallest absolute Gasteiger partial charge is 0.134 e. The van der Waals surface area contributed by atoms with E-state index in [0.29, 0.717) is 18.3 Å². The maximum atomic E-state index is 5.86. The van der Waals surface area contributed by atoms with Gasteiger partial charge in [0.25, 0.3) is 0 Å². The molecule has 0 saturated heterocycles. The van der Waals surface area contributed by atoms with Gasteiger partial charge in [0.1, 0.15) is 11.6 Å². The van der Waals surface area contributed by atoms with Gasteiger partial charge in [-0.15, -0.1) is 0 Å². The van der Waals surface area contributed by atoms with Gasteiger partial charge in [-0.3, -0.25) is 0 Å². The molecule has 1 aliphatic rings. The van der Waals surface area contributed by atoms with Gasteiger partial charge in [0.05, 0.1) is 12.3 Å². The number of ether oxygens (including phenoxy) is 1. The van der Waals surface area contributed by atoms with E-state index < -0.39 is 0 Å². The SMILES string of the molecule is CCCC1CCC(c2nc(N)cc(COC)n2)CC1. The van der Waals surface area contributed by atoms with Gasteiger partial charge in [-0.2, -0.15) is 0 Å². The summed E-state index contributed by atoms with van der Waals surface area (Å²) >= 11 is 0. The zero-order valence-corrected chi connectivity index (χ0v) is 12.1. The molecule has 0 aliphatic heterocycles. The van der Waals surface area contributed by atoms with E-state index in [9.17, 15) is 0 Å². The van der Waals surface area contributed by atoms with Gasteiger partial charge in [-0.05, 0) is 31.6 Å². The number of nitrogen functional groups attached to an aromatic ring is 1. The van der Waals surface area contributed by atoms with Crippen molar-refractivity contribution in [2.24, 2.45) is 5.92 Å². The lowest BCUT2D eigenvalue weighted by molar-refractivity contribution is 0.181. The molecule has 1 fully saturated rings. The number of rotatable bonds is 5. The topological polar surface area (TPSA) is 61.0 Å². The van der Waals surface area contributed by atoms with E-state index in [-0.39, 0.29) is 0 Å². The molecule has 0 aromatic carbocycles. The van der Waals surface area contributed by atoms with Crippen LogP contribution in [-0.2, 0) is 11.3 Å². The lowest BCUT2D eigenvalue weighted by Crippen LogP contribution is -2.16. The number of hydrogen-bond acceptors (Lipinski definition) is 4. The van der Waals surface area contributed by atoms with Crippen LogP contribution >= 0.6 is 0 Å². The molecule has 19 heavy (non-hydrogen) atoms. The van der Waals surface area contributed by atoms with Crippen LogP contribution in [0.15, 0.2) is 6.07 Å². The summed E-state index contributed by atoms with van der Waals surface area (Å²) in [6.07, 6.45) is 7.65. The van der Waals surface area contributed by atoms with E-state index in [1.54, 1.807) is 13.2 Å². The van der Waals surface area contributed by atoms with Crippen LogP contribution in [0.4, 0.5) is 5.82 Å². The van der Waals surface area contributed by atoms with E-state index in [1.165, 1.54) is 38.5 Å². The number of aromatic nitrogens is 2. The van der Waals surface area contributed by atoms with E-state index in [1.807, 2.05) is 0 Å². The van der Waals surface area contributed by atoms with E-state index in [2.05, 4.69) is 16.9 Å². The second-order valence-corrected chi connectivity index (χ2v) is 5.58. The minimum atomic E-state index is 0.479. The quantitative estimate of drug-likeness (QED) is 0.885. The van der Waals surface area contributed by atoms with Gasteiger partial charge in [0.2, 0.25) is 0 Å². The maximum absolute atomic E-state index is 5.86. The Morgan fingerprint density at radius 3 is 2.63 bits per heavy atom. The average molecular weight is 263 g/mol. The second kappa shape index (κ2) is 6.85. The first-order chi connectivity index (χ1) is 9.22. The third-order valence-corrected chi connectivity index (χ3v) is 4.02. The summed E-state index contributed by atoms with van der Waals surface area (Å²) in [5.41, 5.74) is 6.75. The van der Waals surface area contributed by atoms with Crippen LogP contribution in [-0.4, -0.2) is 17.1 Å². The van der Waals surface area contributed by atoms with Crippen LogP contribution in [0.25, 0.3) is 0 Å². The highest BCUT2D eigenvalue weighted by molar-refractivity contribution is 5.30. The normalized spacial score (nSPS) is 23.5. The van der Waals surface area contributed by atoms with Gasteiger partial charge in [0, 0.05) is 19.1 Å². The largest absolute Gasteiger partial charge is 0.384 e. The van der Waals surface area contributed by atoms with Crippen LogP contribution in [0.1, 0.15) is 62.9 Å². The Hall–Kier alpha value is -1.16. The highest BCUT2D eigenvalue weighted by Crippen LogP contribution is 2.36. The summed E-state index contributed by atoms with van der Waals surface area (Å²) < 4.78 is 5.13. The number of methoxy groups -OCH3 is 1. The molecule has 0 spiro atoms. The Balaban J connectivity index is 2.02. The predicted molar refractivity (Wildman–Crippen MR) is 76.8 cm³/mol. The highest BCUT2D eigenvalue weighted by Gasteiger charge is 2.24. The molecule has 0 bridgehead atoms. The molecule has 0 amide bonds. The monoisotopic (exact) mass is 263 g/mol. The van der Waals surface area contributed by atoms with Crippen molar-refractivity contribution < 1.29 is 4.74 Å². The summed E-state index contributed by atoms with van der Waals surface area (Å²) in [7, 11) is 1.67. The fourth-order valence-electron chi connectivity index (χ4n) is 3.06. The van der Waals surface area contributed by atoms with Crippen molar-refractivity contribution in [2.75, 3.05) is 12.8 Å². The third-order valence-electron chi connectivity index (χ3n) is 4.02. The Kier molecular flexibility index (Phi) is 5.14. The lowest BCUT2D eigenvalue weighted by atomic mass is 9.80. The van der Waals surface area contributed by atoms with Crippen LogP contribution in [0.2, 0.25) is 0 Å². The minimum Gasteiger partial charge on any atom is -0.384 e. The molecule has 1 aromatic rings. The average Bonchev–Trinajstić information content (AvgIpc) is 2.40. The summed E-state index contributed by atoms with van der Waals surface area (Å²) in [6, 6.07) is 1.80. The first-order valence-electron chi connectivity index (χ1n) is 7.35. The first-order valence-corrected chi connectivity index (χ1v) is 7.35. The van der Waals surface area contributed by atoms with Crippen LogP contribution in [0, 0.1) is 5.92 Å². The van der Waals surface area contributed by atoms with Crippen molar-refractivity contribution in [3.05, 3.63) is 17.6 Å². The minimum absolute atomic E-state index is 0.479. The predicted octanol–water partition coefficient (Wildman–Crippen LogP) is 3.28. The molecule has 0 radical (unpaired) electrons. The molecule has 0 atom stereocenters. The van der Waals surface area contributed by atoms with Crippen molar-refractivity contribution in [3.8, 4) is 0 Å². The highest BCUT2D eigenvalue weighted by atomic mass is 16.5. The molecule has 2 N–H and O–H groups in total. The zero-order chi connectivity index (χ0) is 13.7. The second-order valence-electron chi connectivity index (χ2n) is 5.58. The van der Waals surface area contributed by atoms with Crippen molar-refractivity contribution in [1.29, 1.82) is 0 Å². The number of nitrogens with two attached hydrogens (primary N) is 1. The van der Waals surface area contributed by atoms with Crippen molar-refractivity contribution in [2.45, 2.75) is 58.0 Å². The molecular weight excluding hydrogens is 238 g/mol. The van der Waals surface area contributed by atoms with Gasteiger partial charge in [-0.25, -0.2) is 9.97 Å². The standard InChI is InChI=1S/C15H25N3O/c1-3-4-11-5-7-12(8-6-11)15-17-13(10-19-2)9-14(16)18-15/h9,11-12H,3-8,10H2,1-2H3,(H2,16,17,18). The fourth-order valence-corrected chi connectivity index (χ4v) is 3.06. The number of nitrogens with zero attached hydrogens (tertiary/aromatic N) is 2. The third kappa shape index (κ3) is 3.90. The lowest BCUT2D eigenvalue weighted by Gasteiger charge is -2.27. The molecular formula is C15H25N3O. The Morgan fingerprint density at radius 2 is 2.00 bits per heavy atom. The van der Waals surface area contributed by atoms with Gasteiger partial charge < -0.3 is 10.5 Å². The van der Waals surface area contributed by atoms with Gasteiger partial charge in [-0.1, -0.05) is 19.8 Å². The van der Waals surface area contributed by atoms with Crippen molar-refractivity contribution in [3.63, 3.8) is 0 Å². The molecule has 1 aromatic heterocycles. The van der Waals surface area contributed by atoms with Crippen LogP contribution in [0.5, 0.6) is 0 Å². The Morgan fingerprint density at radius 1 is 1.26 bits per heavy atom. The van der Waals surface area contributed by atoms with Gasteiger partial charge >= 0.3 is 0 Å². The van der Waals surface area contributed by atoms with E-state index >= 15 is 0 Å². The fraction of sp³-hybridized carbons (Fsp3) is 0.733. The molecule has 0 unspecified atom stereocenters. The first kappa shape index (κ1) is 14.3. The molecule has 4 heteroatoms. The Labute approximate surface area is 115 Å². The van der Waals surface area contributed by atoms with E-state index in [0.717, 1.165) is 17.4 Å². The molecule has 1 aliphatic carbocycles. The summed E-state index contributed by atoms with van der Waals surface area (Å²) in [5, 5.41) is 0. The number of hydrogen-bond donors (Lipinski definition) is 1. The van der Waals surface area contributed by atoms with Crippen LogP contribution < -0.4 is 5.73 Å². The Bertz CT molecular complexity index is 400. The summed E-state index contributed by atoms with van der Waals surface area (Å²) in [5.74, 6) is 2.86. The molecule has 4 nitrogen and oxygen atoms in total. The molecule has 1 saturated carbocycles. The maximum Gasteiger partial charge on any atom is 0.134 e.